The van der Waals surface area contributed by atoms with Gasteiger partial charge in [-0.3, -0.25) is 0 Å². The second-order valence-electron chi connectivity index (χ2n) is 13.6. The van der Waals surface area contributed by atoms with Gasteiger partial charge in [0.05, 0.1) is 22.1 Å². The maximum atomic E-state index is 2.45. The minimum atomic E-state index is 1.10. The number of hydrogen-bond acceptors (Lipinski definition) is 0. The van der Waals surface area contributed by atoms with Gasteiger partial charge in [-0.15, -0.1) is 0 Å². The third kappa shape index (κ3) is 3.90. The Hall–Kier alpha value is -6.38. The zero-order valence-electron chi connectivity index (χ0n) is 27.5. The highest BCUT2D eigenvalue weighted by Gasteiger charge is 2.18. The molecule has 2 heterocycles. The summed E-state index contributed by atoms with van der Waals surface area (Å²) in [6.45, 7) is 0. The molecule has 2 nitrogen and oxygen atoms in total. The summed E-state index contributed by atoms with van der Waals surface area (Å²) in [5.74, 6) is 0. The van der Waals surface area contributed by atoms with Gasteiger partial charge in [0.25, 0.3) is 0 Å². The van der Waals surface area contributed by atoms with E-state index >= 15 is 0 Å². The Morgan fingerprint density at radius 1 is 0.360 bits per heavy atom. The molecule has 2 aromatic heterocycles. The van der Waals surface area contributed by atoms with Crippen molar-refractivity contribution in [2.75, 3.05) is 0 Å². The van der Waals surface area contributed by atoms with Crippen LogP contribution in [0.5, 0.6) is 0 Å². The van der Waals surface area contributed by atoms with E-state index in [0.29, 0.717) is 0 Å². The van der Waals surface area contributed by atoms with E-state index < -0.39 is 0 Å². The molecule has 0 N–H and O–H groups in total. The van der Waals surface area contributed by atoms with Crippen LogP contribution in [0.4, 0.5) is 0 Å². The number of aryl methyl sites for hydroxylation is 1. The third-order valence-electron chi connectivity index (χ3n) is 11.0. The van der Waals surface area contributed by atoms with Crippen LogP contribution in [0.25, 0.3) is 93.7 Å². The molecule has 0 aliphatic heterocycles. The summed E-state index contributed by atoms with van der Waals surface area (Å²) in [4.78, 5) is 0. The summed E-state index contributed by atoms with van der Waals surface area (Å²) >= 11 is 0. The summed E-state index contributed by atoms with van der Waals surface area (Å²) in [6, 6.07) is 58.3. The lowest BCUT2D eigenvalue weighted by atomic mass is 9.86. The van der Waals surface area contributed by atoms with Gasteiger partial charge in [0.1, 0.15) is 0 Å². The van der Waals surface area contributed by atoms with Crippen molar-refractivity contribution in [3.8, 4) is 22.5 Å². The number of rotatable bonds is 3. The standard InChI is InChI=1S/C48H32N2/c1-2-12-33(13-3-1)49-45-20-10-8-18-40(45)43-28-31(22-26-47(43)49)32-23-27-48-44(29-32)41-19-9-11-21-46(41)50(48)34-24-25-39-37-16-5-4-14-35(37)36-15-6-7-17-38(36)42(39)30-34/h1-3,5-13,15-30H,4,14H2. The van der Waals surface area contributed by atoms with Crippen LogP contribution in [0, 0.1) is 0 Å². The molecule has 11 rings (SSSR count). The molecule has 10 aromatic rings. The predicted molar refractivity (Wildman–Crippen MR) is 213 cm³/mol. The van der Waals surface area contributed by atoms with Crippen LogP contribution in [0.2, 0.25) is 0 Å². The van der Waals surface area contributed by atoms with E-state index in [1.54, 1.807) is 0 Å². The average molecular weight is 637 g/mol. The summed E-state index contributed by atoms with van der Waals surface area (Å²) in [6.07, 6.45) is 6.87. The fourth-order valence-corrected chi connectivity index (χ4v) is 8.74. The first-order valence-electron chi connectivity index (χ1n) is 17.6. The van der Waals surface area contributed by atoms with E-state index in [0.717, 1.165) is 12.8 Å². The molecule has 50 heavy (non-hydrogen) atoms. The highest BCUT2D eigenvalue weighted by molar-refractivity contribution is 6.15. The maximum Gasteiger partial charge on any atom is 0.0541 e. The number of aromatic nitrogens is 2. The highest BCUT2D eigenvalue weighted by atomic mass is 15.0. The van der Waals surface area contributed by atoms with Crippen molar-refractivity contribution >= 4 is 71.2 Å². The normalized spacial score (nSPS) is 13.0. The largest absolute Gasteiger partial charge is 0.309 e. The summed E-state index contributed by atoms with van der Waals surface area (Å²) in [5.41, 5.74) is 12.6. The van der Waals surface area contributed by atoms with Crippen LogP contribution in [0.15, 0.2) is 164 Å². The molecular formula is C48H32N2. The van der Waals surface area contributed by atoms with Crippen LogP contribution >= 0.6 is 0 Å². The van der Waals surface area contributed by atoms with Crippen molar-refractivity contribution in [1.29, 1.82) is 0 Å². The third-order valence-corrected chi connectivity index (χ3v) is 11.0. The lowest BCUT2D eigenvalue weighted by molar-refractivity contribution is 1.00. The molecule has 0 radical (unpaired) electrons. The average Bonchev–Trinajstić information content (AvgIpc) is 3.70. The fourth-order valence-electron chi connectivity index (χ4n) is 8.74. The van der Waals surface area contributed by atoms with Gasteiger partial charge in [0.15, 0.2) is 0 Å². The Morgan fingerprint density at radius 2 is 0.920 bits per heavy atom. The van der Waals surface area contributed by atoms with Gasteiger partial charge in [-0.25, -0.2) is 0 Å². The first-order chi connectivity index (χ1) is 24.8. The molecule has 1 aliphatic carbocycles. The lowest BCUT2D eigenvalue weighted by Gasteiger charge is -2.19. The van der Waals surface area contributed by atoms with E-state index in [2.05, 4.69) is 179 Å². The molecule has 0 saturated heterocycles. The number of allylic oxidation sites excluding steroid dienone is 1. The number of hydrogen-bond donors (Lipinski definition) is 0. The Balaban J connectivity index is 1.11. The molecule has 234 valence electrons. The lowest BCUT2D eigenvalue weighted by Crippen LogP contribution is -1.99. The maximum absolute atomic E-state index is 2.45. The van der Waals surface area contributed by atoms with Crippen molar-refractivity contribution < 1.29 is 0 Å². The second kappa shape index (κ2) is 10.6. The van der Waals surface area contributed by atoms with Crippen LogP contribution in [-0.2, 0) is 6.42 Å². The zero-order valence-corrected chi connectivity index (χ0v) is 27.5. The minimum Gasteiger partial charge on any atom is -0.309 e. The highest BCUT2D eigenvalue weighted by Crippen LogP contribution is 2.41. The Bertz CT molecular complexity index is 3030. The number of nitrogens with zero attached hydrogens (tertiary/aromatic N) is 2. The van der Waals surface area contributed by atoms with Gasteiger partial charge in [-0.05, 0) is 117 Å². The van der Waals surface area contributed by atoms with E-state index in [9.17, 15) is 0 Å². The van der Waals surface area contributed by atoms with Gasteiger partial charge in [0.2, 0.25) is 0 Å². The molecule has 8 aromatic carbocycles. The van der Waals surface area contributed by atoms with Crippen molar-refractivity contribution in [2.24, 2.45) is 0 Å². The molecule has 0 atom stereocenters. The van der Waals surface area contributed by atoms with E-state index in [-0.39, 0.29) is 0 Å². The number of fused-ring (bicyclic) bond motifs is 12. The van der Waals surface area contributed by atoms with Crippen LogP contribution in [0.1, 0.15) is 17.5 Å². The Labute approximate surface area is 289 Å². The molecule has 1 aliphatic rings. The summed E-state index contributed by atoms with van der Waals surface area (Å²) in [7, 11) is 0. The van der Waals surface area contributed by atoms with Crippen molar-refractivity contribution in [1.82, 2.24) is 9.13 Å². The molecule has 0 saturated carbocycles. The van der Waals surface area contributed by atoms with Crippen LogP contribution < -0.4 is 0 Å². The van der Waals surface area contributed by atoms with Gasteiger partial charge in [-0.2, -0.15) is 0 Å². The molecular weight excluding hydrogens is 605 g/mol. The first kappa shape index (κ1) is 27.6. The zero-order chi connectivity index (χ0) is 32.8. The summed E-state index contributed by atoms with van der Waals surface area (Å²) in [5, 5.41) is 10.4. The van der Waals surface area contributed by atoms with Gasteiger partial charge in [0, 0.05) is 32.9 Å². The molecule has 0 amide bonds. The van der Waals surface area contributed by atoms with E-state index in [1.165, 1.54) is 98.8 Å². The van der Waals surface area contributed by atoms with Crippen molar-refractivity contribution in [3.63, 3.8) is 0 Å². The topological polar surface area (TPSA) is 9.86 Å². The van der Waals surface area contributed by atoms with E-state index in [4.69, 9.17) is 0 Å². The SMILES string of the molecule is C1=Cc2c(c3ccccc3c3cc(-n4c5ccccc5c5cc(-c6ccc7c(c6)c6ccccc6n7-c6ccccc6)ccc54)ccc23)CC1. The molecule has 0 unspecified atom stereocenters. The smallest absolute Gasteiger partial charge is 0.0541 e. The van der Waals surface area contributed by atoms with Crippen LogP contribution in [0.3, 0.4) is 0 Å². The molecule has 0 fully saturated rings. The number of para-hydroxylation sites is 3. The molecule has 2 heteroatoms. The monoisotopic (exact) mass is 636 g/mol. The van der Waals surface area contributed by atoms with Crippen molar-refractivity contribution in [2.45, 2.75) is 12.8 Å². The van der Waals surface area contributed by atoms with Gasteiger partial charge < -0.3 is 9.13 Å². The van der Waals surface area contributed by atoms with E-state index in [1.807, 2.05) is 0 Å². The fraction of sp³-hybridized carbons (Fsp3) is 0.0417. The first-order valence-corrected chi connectivity index (χ1v) is 17.6. The minimum absolute atomic E-state index is 1.10. The van der Waals surface area contributed by atoms with Gasteiger partial charge >= 0.3 is 0 Å². The summed E-state index contributed by atoms with van der Waals surface area (Å²) < 4.78 is 4.83. The second-order valence-corrected chi connectivity index (χ2v) is 13.6. The molecule has 0 spiro atoms. The van der Waals surface area contributed by atoms with Crippen molar-refractivity contribution in [3.05, 3.63) is 175 Å². The predicted octanol–water partition coefficient (Wildman–Crippen LogP) is 12.8. The van der Waals surface area contributed by atoms with Crippen LogP contribution in [-0.4, -0.2) is 9.13 Å². The number of benzene rings is 8. The Morgan fingerprint density at radius 3 is 1.60 bits per heavy atom. The Kier molecular flexibility index (Phi) is 5.82. The molecule has 0 bridgehead atoms. The van der Waals surface area contributed by atoms with Gasteiger partial charge in [-0.1, -0.05) is 109 Å². The quantitative estimate of drug-likeness (QED) is 0.171.